The number of aromatic nitrogens is 2. The van der Waals surface area contributed by atoms with Gasteiger partial charge < -0.3 is 10.1 Å². The highest BCUT2D eigenvalue weighted by Crippen LogP contribution is 2.15. The fourth-order valence-electron chi connectivity index (χ4n) is 2.95. The maximum Gasteiger partial charge on any atom is 0.269 e. The molecule has 1 aromatic carbocycles. The largest absolute Gasteiger partial charge is 0.494 e. The smallest absolute Gasteiger partial charge is 0.269 e. The van der Waals surface area contributed by atoms with Crippen LogP contribution >= 0.6 is 0 Å². The summed E-state index contributed by atoms with van der Waals surface area (Å²) in [6, 6.07) is 9.77. The molecule has 5 heteroatoms. The van der Waals surface area contributed by atoms with E-state index in [0.717, 1.165) is 42.4 Å². The van der Waals surface area contributed by atoms with Gasteiger partial charge >= 0.3 is 0 Å². The van der Waals surface area contributed by atoms with Crippen molar-refractivity contribution in [3.8, 4) is 5.75 Å². The summed E-state index contributed by atoms with van der Waals surface area (Å²) in [5.41, 5.74) is 2.53. The number of amides is 1. The van der Waals surface area contributed by atoms with E-state index < -0.39 is 0 Å². The first-order valence-corrected chi connectivity index (χ1v) is 10.0. The number of rotatable bonds is 11. The Balaban J connectivity index is 1.77. The van der Waals surface area contributed by atoms with E-state index in [1.54, 1.807) is 11.7 Å². The number of aryl methyl sites for hydroxylation is 2. The molecule has 0 fully saturated rings. The molecule has 0 saturated heterocycles. The Morgan fingerprint density at radius 2 is 2.04 bits per heavy atom. The lowest BCUT2D eigenvalue weighted by molar-refractivity contribution is 0.0941. The Kier molecular flexibility index (Phi) is 8.37. The fourth-order valence-corrected chi connectivity index (χ4v) is 2.95. The van der Waals surface area contributed by atoms with Gasteiger partial charge in [0, 0.05) is 13.6 Å². The zero-order valence-corrected chi connectivity index (χ0v) is 17.1. The highest BCUT2D eigenvalue weighted by Gasteiger charge is 2.12. The Bertz CT molecular complexity index is 722. The van der Waals surface area contributed by atoms with Crippen molar-refractivity contribution in [2.45, 2.75) is 59.4 Å². The van der Waals surface area contributed by atoms with Crippen molar-refractivity contribution in [3.63, 3.8) is 0 Å². The van der Waals surface area contributed by atoms with Gasteiger partial charge in [0.2, 0.25) is 0 Å². The topological polar surface area (TPSA) is 56.1 Å². The molecule has 0 spiro atoms. The zero-order valence-electron chi connectivity index (χ0n) is 17.1. The van der Waals surface area contributed by atoms with E-state index in [9.17, 15) is 4.79 Å². The molecule has 0 atom stereocenters. The van der Waals surface area contributed by atoms with Crippen LogP contribution in [0.4, 0.5) is 0 Å². The van der Waals surface area contributed by atoms with Gasteiger partial charge in [-0.2, -0.15) is 5.10 Å². The zero-order chi connectivity index (χ0) is 19.6. The van der Waals surface area contributed by atoms with Crippen molar-refractivity contribution in [3.05, 3.63) is 47.3 Å². The van der Waals surface area contributed by atoms with Crippen LogP contribution in [0, 0.1) is 5.92 Å². The predicted octanol–water partition coefficient (Wildman–Crippen LogP) is 4.51. The third kappa shape index (κ3) is 7.08. The number of nitrogens with one attached hydrogen (secondary N) is 1. The van der Waals surface area contributed by atoms with Crippen LogP contribution < -0.4 is 10.1 Å². The molecule has 2 aromatic rings. The third-order valence-corrected chi connectivity index (χ3v) is 4.57. The van der Waals surface area contributed by atoms with Gasteiger partial charge in [-0.25, -0.2) is 0 Å². The van der Waals surface area contributed by atoms with E-state index >= 15 is 0 Å². The lowest BCUT2D eigenvalue weighted by Crippen LogP contribution is -2.25. The van der Waals surface area contributed by atoms with Gasteiger partial charge in [-0.1, -0.05) is 52.2 Å². The van der Waals surface area contributed by atoms with Crippen LogP contribution in [0.5, 0.6) is 5.75 Å². The molecular weight excluding hydrogens is 338 g/mol. The number of hydrogen-bond donors (Lipinski definition) is 1. The number of hydrogen-bond acceptors (Lipinski definition) is 3. The Hall–Kier alpha value is -2.30. The summed E-state index contributed by atoms with van der Waals surface area (Å²) < 4.78 is 7.49. The van der Waals surface area contributed by atoms with Gasteiger partial charge in [-0.05, 0) is 42.5 Å². The number of carbonyl (C=O) groups excluding carboxylic acids is 1. The minimum Gasteiger partial charge on any atom is -0.494 e. The van der Waals surface area contributed by atoms with Crippen LogP contribution in [0.25, 0.3) is 0 Å². The molecule has 0 saturated carbocycles. The molecule has 0 aliphatic rings. The van der Waals surface area contributed by atoms with Gasteiger partial charge in [0.1, 0.15) is 11.4 Å². The van der Waals surface area contributed by atoms with E-state index in [1.807, 2.05) is 37.3 Å². The summed E-state index contributed by atoms with van der Waals surface area (Å²) in [6.45, 7) is 7.76. The van der Waals surface area contributed by atoms with Crippen LogP contribution in [0.15, 0.2) is 30.3 Å². The Morgan fingerprint density at radius 1 is 1.22 bits per heavy atom. The van der Waals surface area contributed by atoms with Crippen molar-refractivity contribution < 1.29 is 9.53 Å². The average Bonchev–Trinajstić information content (AvgIpc) is 3.04. The lowest BCUT2D eigenvalue weighted by Gasteiger charge is -2.09. The van der Waals surface area contributed by atoms with Gasteiger partial charge in [0.05, 0.1) is 12.3 Å². The third-order valence-electron chi connectivity index (χ3n) is 4.57. The van der Waals surface area contributed by atoms with Crippen molar-refractivity contribution in [2.24, 2.45) is 13.0 Å². The van der Waals surface area contributed by atoms with Crippen LogP contribution in [-0.4, -0.2) is 22.3 Å². The Labute approximate surface area is 163 Å². The first-order chi connectivity index (χ1) is 13.0. The first kappa shape index (κ1) is 21.0. The van der Waals surface area contributed by atoms with Crippen LogP contribution in [0.3, 0.4) is 0 Å². The molecule has 1 aromatic heterocycles. The second-order valence-corrected chi connectivity index (χ2v) is 7.42. The molecule has 0 aliphatic carbocycles. The summed E-state index contributed by atoms with van der Waals surface area (Å²) in [6.07, 6.45) is 5.65. The van der Waals surface area contributed by atoms with Gasteiger partial charge in [-0.15, -0.1) is 0 Å². The van der Waals surface area contributed by atoms with Gasteiger partial charge in [-0.3, -0.25) is 9.48 Å². The molecule has 0 radical (unpaired) electrons. The molecule has 148 valence electrons. The van der Waals surface area contributed by atoms with Crippen LogP contribution in [-0.2, 0) is 20.0 Å². The fraction of sp³-hybridized carbons (Fsp3) is 0.545. The van der Waals surface area contributed by atoms with Crippen LogP contribution in [0.2, 0.25) is 0 Å². The van der Waals surface area contributed by atoms with Crippen molar-refractivity contribution in [2.75, 3.05) is 6.61 Å². The molecule has 1 heterocycles. The molecule has 1 amide bonds. The van der Waals surface area contributed by atoms with E-state index in [2.05, 4.69) is 24.3 Å². The minimum absolute atomic E-state index is 0.110. The highest BCUT2D eigenvalue weighted by atomic mass is 16.5. The monoisotopic (exact) mass is 371 g/mol. The van der Waals surface area contributed by atoms with Gasteiger partial charge in [0.15, 0.2) is 0 Å². The van der Waals surface area contributed by atoms with E-state index in [1.165, 1.54) is 19.3 Å². The van der Waals surface area contributed by atoms with Gasteiger partial charge in [0.25, 0.3) is 5.91 Å². The predicted molar refractivity (Wildman–Crippen MR) is 109 cm³/mol. The SMILES string of the molecule is CCc1cc(C(=O)NCc2cccc(OCCCCCC(C)C)c2)n(C)n1. The second-order valence-electron chi connectivity index (χ2n) is 7.42. The summed E-state index contributed by atoms with van der Waals surface area (Å²) >= 11 is 0. The average molecular weight is 372 g/mol. The highest BCUT2D eigenvalue weighted by molar-refractivity contribution is 5.92. The molecule has 0 unspecified atom stereocenters. The molecule has 2 rings (SSSR count). The molecule has 0 aliphatic heterocycles. The van der Waals surface area contributed by atoms with E-state index in [-0.39, 0.29) is 5.91 Å². The number of nitrogens with zero attached hydrogens (tertiary/aromatic N) is 2. The summed E-state index contributed by atoms with van der Waals surface area (Å²) in [7, 11) is 1.80. The standard InChI is InChI=1S/C22H33N3O2/c1-5-19-15-21(25(4)24-19)22(26)23-16-18-11-9-12-20(14-18)27-13-8-6-7-10-17(2)3/h9,11-12,14-15,17H,5-8,10,13,16H2,1-4H3,(H,23,26). The number of unbranched alkanes of at least 4 members (excludes halogenated alkanes) is 2. The maximum absolute atomic E-state index is 12.4. The van der Waals surface area contributed by atoms with Crippen molar-refractivity contribution in [1.82, 2.24) is 15.1 Å². The minimum atomic E-state index is -0.110. The Morgan fingerprint density at radius 3 is 2.74 bits per heavy atom. The quantitative estimate of drug-likeness (QED) is 0.591. The number of benzene rings is 1. The first-order valence-electron chi connectivity index (χ1n) is 10.0. The summed E-state index contributed by atoms with van der Waals surface area (Å²) in [5, 5.41) is 7.28. The summed E-state index contributed by atoms with van der Waals surface area (Å²) in [4.78, 5) is 12.4. The van der Waals surface area contributed by atoms with Crippen molar-refractivity contribution in [1.29, 1.82) is 0 Å². The molecule has 1 N–H and O–H groups in total. The lowest BCUT2D eigenvalue weighted by atomic mass is 10.1. The van der Waals surface area contributed by atoms with Crippen LogP contribution in [0.1, 0.15) is 68.2 Å². The number of carbonyl (C=O) groups is 1. The summed E-state index contributed by atoms with van der Waals surface area (Å²) in [5.74, 6) is 1.53. The van der Waals surface area contributed by atoms with Crippen molar-refractivity contribution >= 4 is 5.91 Å². The normalized spacial score (nSPS) is 11.0. The molecular formula is C22H33N3O2. The van der Waals surface area contributed by atoms with E-state index in [4.69, 9.17) is 4.74 Å². The second kappa shape index (κ2) is 10.8. The number of ether oxygens (including phenoxy) is 1. The molecule has 5 nitrogen and oxygen atoms in total. The maximum atomic E-state index is 12.4. The molecule has 0 bridgehead atoms. The van der Waals surface area contributed by atoms with E-state index in [0.29, 0.717) is 12.2 Å². The molecule has 27 heavy (non-hydrogen) atoms.